The monoisotopic (exact) mass is 560 g/mol. The SMILES string of the molecule is CCCC/C=C\C/C=C\C/C=C\C/C(=C\CCCCC)C(=O)C=CC=CC=CC=CCCCCCCCCCCC. The number of carbonyl (C=O) groups excluding carboxylic acids is 1. The number of rotatable bonds is 28. The maximum Gasteiger partial charge on any atom is 0.181 e. The fourth-order valence-electron chi connectivity index (χ4n) is 4.40. The van der Waals surface area contributed by atoms with E-state index in [-0.39, 0.29) is 5.78 Å². The van der Waals surface area contributed by atoms with Crippen LogP contribution in [0.25, 0.3) is 0 Å². The smallest absolute Gasteiger partial charge is 0.181 e. The van der Waals surface area contributed by atoms with E-state index >= 15 is 0 Å². The molecule has 0 saturated carbocycles. The van der Waals surface area contributed by atoms with Gasteiger partial charge >= 0.3 is 0 Å². The molecule has 230 valence electrons. The Morgan fingerprint density at radius 2 is 0.927 bits per heavy atom. The minimum Gasteiger partial charge on any atom is -0.290 e. The Morgan fingerprint density at radius 3 is 1.61 bits per heavy atom. The summed E-state index contributed by atoms with van der Waals surface area (Å²) >= 11 is 0. The van der Waals surface area contributed by atoms with Crippen molar-refractivity contribution in [2.75, 3.05) is 0 Å². The van der Waals surface area contributed by atoms with Crippen LogP contribution in [-0.4, -0.2) is 5.78 Å². The molecule has 0 aliphatic carbocycles. The van der Waals surface area contributed by atoms with E-state index in [2.05, 4.69) is 81.5 Å². The van der Waals surface area contributed by atoms with Gasteiger partial charge in [0.25, 0.3) is 0 Å². The minimum atomic E-state index is 0.119. The zero-order chi connectivity index (χ0) is 29.9. The third-order valence-electron chi connectivity index (χ3n) is 7.03. The van der Waals surface area contributed by atoms with Crippen molar-refractivity contribution in [1.29, 1.82) is 0 Å². The first-order valence-corrected chi connectivity index (χ1v) is 17.1. The second-order valence-electron chi connectivity index (χ2n) is 11.0. The average Bonchev–Trinajstić information content (AvgIpc) is 2.98. The number of hydrogen-bond donors (Lipinski definition) is 0. The lowest BCUT2D eigenvalue weighted by Crippen LogP contribution is -1.98. The van der Waals surface area contributed by atoms with Crippen LogP contribution in [0.2, 0.25) is 0 Å². The molecule has 0 amide bonds. The summed E-state index contributed by atoms with van der Waals surface area (Å²) in [6, 6.07) is 0. The lowest BCUT2D eigenvalue weighted by molar-refractivity contribution is -0.111. The van der Waals surface area contributed by atoms with Gasteiger partial charge in [0.1, 0.15) is 0 Å². The topological polar surface area (TPSA) is 17.1 Å². The van der Waals surface area contributed by atoms with Gasteiger partial charge in [-0.1, -0.05) is 183 Å². The number of allylic oxidation sites excluding steroid dienone is 16. The molecule has 0 rings (SSSR count). The van der Waals surface area contributed by atoms with Crippen LogP contribution in [0.5, 0.6) is 0 Å². The standard InChI is InChI=1S/C40H64O/c1-4-7-10-13-15-17-19-20-21-22-23-24-26-28-30-32-35-38-40(41)39(36-33-12-9-6-3)37-34-31-29-27-25-18-16-14-11-8-5-2/h14,16,23-28,30-32,34-36,38H,4-13,15,17-22,29,33,37H2,1-3H3/b16-14-,24-23?,27-25-,28-26?,32-30?,34-31-,38-35?,39-36+. The second-order valence-corrected chi connectivity index (χ2v) is 11.0. The Bertz CT molecular complexity index is 812. The molecular formula is C40H64O. The van der Waals surface area contributed by atoms with Gasteiger partial charge in [-0.15, -0.1) is 0 Å². The molecule has 0 saturated heterocycles. The summed E-state index contributed by atoms with van der Waals surface area (Å²) < 4.78 is 0. The minimum absolute atomic E-state index is 0.119. The predicted octanol–water partition coefficient (Wildman–Crippen LogP) is 13.2. The summed E-state index contributed by atoms with van der Waals surface area (Å²) in [4.78, 5) is 12.8. The van der Waals surface area contributed by atoms with Crippen LogP contribution in [0.15, 0.2) is 96.7 Å². The van der Waals surface area contributed by atoms with Gasteiger partial charge in [0, 0.05) is 0 Å². The fourth-order valence-corrected chi connectivity index (χ4v) is 4.40. The van der Waals surface area contributed by atoms with Gasteiger partial charge in [-0.3, -0.25) is 4.79 Å². The summed E-state index contributed by atoms with van der Waals surface area (Å²) in [7, 11) is 0. The Kier molecular flexibility index (Phi) is 31.8. The maximum absolute atomic E-state index is 12.8. The first-order chi connectivity index (χ1) is 20.3. The van der Waals surface area contributed by atoms with Crippen molar-refractivity contribution < 1.29 is 4.79 Å². The summed E-state index contributed by atoms with van der Waals surface area (Å²) in [6.45, 7) is 6.72. The molecule has 0 heterocycles. The third-order valence-corrected chi connectivity index (χ3v) is 7.03. The molecule has 0 aromatic carbocycles. The van der Waals surface area contributed by atoms with Crippen LogP contribution in [0.3, 0.4) is 0 Å². The highest BCUT2D eigenvalue weighted by Gasteiger charge is 2.03. The molecule has 1 nitrogen and oxygen atoms in total. The molecule has 0 aliphatic rings. The number of ketones is 1. The summed E-state index contributed by atoms with van der Waals surface area (Å²) in [5.74, 6) is 0.119. The normalized spacial score (nSPS) is 13.3. The quantitative estimate of drug-likeness (QED) is 0.0402. The van der Waals surface area contributed by atoms with Gasteiger partial charge < -0.3 is 0 Å². The molecule has 1 heteroatoms. The molecular weight excluding hydrogens is 496 g/mol. The highest BCUT2D eigenvalue weighted by atomic mass is 16.1. The number of carbonyl (C=O) groups is 1. The van der Waals surface area contributed by atoms with Crippen LogP contribution in [-0.2, 0) is 4.79 Å². The zero-order valence-electron chi connectivity index (χ0n) is 27.2. The van der Waals surface area contributed by atoms with E-state index in [0.717, 1.165) is 37.7 Å². The molecule has 0 aliphatic heterocycles. The average molecular weight is 561 g/mol. The van der Waals surface area contributed by atoms with Gasteiger partial charge in [-0.05, 0) is 63.0 Å². The van der Waals surface area contributed by atoms with Crippen molar-refractivity contribution >= 4 is 5.78 Å². The van der Waals surface area contributed by atoms with E-state index in [1.807, 2.05) is 24.3 Å². The first-order valence-electron chi connectivity index (χ1n) is 17.1. The van der Waals surface area contributed by atoms with Crippen LogP contribution in [0.1, 0.15) is 149 Å². The molecule has 0 radical (unpaired) electrons. The Morgan fingerprint density at radius 1 is 0.439 bits per heavy atom. The van der Waals surface area contributed by atoms with Gasteiger partial charge in [-0.25, -0.2) is 0 Å². The van der Waals surface area contributed by atoms with E-state index in [4.69, 9.17) is 0 Å². The highest BCUT2D eigenvalue weighted by Crippen LogP contribution is 2.12. The fraction of sp³-hybridized carbons (Fsp3) is 0.575. The third kappa shape index (κ3) is 30.4. The number of hydrogen-bond acceptors (Lipinski definition) is 1. The van der Waals surface area contributed by atoms with Crippen LogP contribution in [0.4, 0.5) is 0 Å². The maximum atomic E-state index is 12.8. The molecule has 0 aromatic rings. The van der Waals surface area contributed by atoms with E-state index in [1.54, 1.807) is 6.08 Å². The Balaban J connectivity index is 4.34. The van der Waals surface area contributed by atoms with Crippen LogP contribution in [0, 0.1) is 0 Å². The zero-order valence-corrected chi connectivity index (χ0v) is 27.2. The lowest BCUT2D eigenvalue weighted by atomic mass is 10.0. The summed E-state index contributed by atoms with van der Waals surface area (Å²) in [5.41, 5.74) is 0.903. The highest BCUT2D eigenvalue weighted by molar-refractivity contribution is 6.04. The van der Waals surface area contributed by atoms with Crippen molar-refractivity contribution in [3.05, 3.63) is 96.7 Å². The molecule has 0 aromatic heterocycles. The molecule has 0 spiro atoms. The van der Waals surface area contributed by atoms with Crippen LogP contribution >= 0.6 is 0 Å². The van der Waals surface area contributed by atoms with Crippen molar-refractivity contribution in [3.8, 4) is 0 Å². The first kappa shape index (κ1) is 38.6. The molecule has 0 bridgehead atoms. The summed E-state index contributed by atoms with van der Waals surface area (Å²) in [6.07, 6.45) is 55.8. The lowest BCUT2D eigenvalue weighted by Gasteiger charge is -2.01. The second kappa shape index (κ2) is 33.8. The van der Waals surface area contributed by atoms with Crippen molar-refractivity contribution in [2.24, 2.45) is 0 Å². The van der Waals surface area contributed by atoms with Crippen LogP contribution < -0.4 is 0 Å². The van der Waals surface area contributed by atoms with Gasteiger partial charge in [-0.2, -0.15) is 0 Å². The molecule has 41 heavy (non-hydrogen) atoms. The van der Waals surface area contributed by atoms with Gasteiger partial charge in [0.15, 0.2) is 5.78 Å². The molecule has 0 fully saturated rings. The summed E-state index contributed by atoms with van der Waals surface area (Å²) in [5, 5.41) is 0. The Labute approximate surface area is 256 Å². The molecule has 0 N–H and O–H groups in total. The van der Waals surface area contributed by atoms with E-state index in [9.17, 15) is 4.79 Å². The molecule has 0 atom stereocenters. The van der Waals surface area contributed by atoms with Crippen molar-refractivity contribution in [1.82, 2.24) is 0 Å². The van der Waals surface area contributed by atoms with E-state index in [1.165, 1.54) is 89.9 Å². The van der Waals surface area contributed by atoms with Crippen molar-refractivity contribution in [2.45, 2.75) is 149 Å². The van der Waals surface area contributed by atoms with Crippen molar-refractivity contribution in [3.63, 3.8) is 0 Å². The Hall–Kier alpha value is -2.41. The molecule has 0 unspecified atom stereocenters. The van der Waals surface area contributed by atoms with Gasteiger partial charge in [0.2, 0.25) is 0 Å². The number of unbranched alkanes of at least 4 members (excludes halogenated alkanes) is 14. The van der Waals surface area contributed by atoms with E-state index in [0.29, 0.717) is 6.42 Å². The van der Waals surface area contributed by atoms with Gasteiger partial charge in [0.05, 0.1) is 0 Å². The predicted molar refractivity (Wildman–Crippen MR) is 186 cm³/mol. The van der Waals surface area contributed by atoms with E-state index < -0.39 is 0 Å². The largest absolute Gasteiger partial charge is 0.290 e.